The van der Waals surface area contributed by atoms with Gasteiger partial charge >= 0.3 is 24.2 Å². The van der Waals surface area contributed by atoms with E-state index in [0.29, 0.717) is 18.2 Å². The van der Waals surface area contributed by atoms with Crippen molar-refractivity contribution in [3.05, 3.63) is 53.1 Å². The number of hydrogen-bond acceptors (Lipinski definition) is 10. The van der Waals surface area contributed by atoms with Crippen LogP contribution in [0.25, 0.3) is 32.8 Å². The molecule has 2 aliphatic heterocycles. The van der Waals surface area contributed by atoms with Gasteiger partial charge < -0.3 is 28.6 Å². The molecule has 4 aromatic rings. The topological polar surface area (TPSA) is 113 Å². The minimum Gasteiger partial charge on any atom is -0.468 e. The summed E-state index contributed by atoms with van der Waals surface area (Å²) in [6.07, 6.45) is -4.11. The molecular formula is C46H55F5N4O7Si. The molecule has 3 aromatic carbocycles. The molecule has 0 saturated carbocycles. The first-order chi connectivity index (χ1) is 29.5. The van der Waals surface area contributed by atoms with Gasteiger partial charge in [0.1, 0.15) is 36.6 Å². The summed E-state index contributed by atoms with van der Waals surface area (Å²) in [5, 5.41) is 0.513. The number of piperazine rings is 1. The number of hydrogen-bond donors (Lipinski definition) is 0. The molecule has 0 aliphatic carbocycles. The second-order valence-electron chi connectivity index (χ2n) is 18.1. The number of carbonyl (C=O) groups excluding carboxylic acids is 2. The van der Waals surface area contributed by atoms with Gasteiger partial charge in [0.2, 0.25) is 0 Å². The van der Waals surface area contributed by atoms with E-state index in [4.69, 9.17) is 23.7 Å². The molecule has 0 radical (unpaired) electrons. The van der Waals surface area contributed by atoms with Gasteiger partial charge in [-0.25, -0.2) is 18.4 Å². The molecule has 63 heavy (non-hydrogen) atoms. The average molecular weight is 899 g/mol. The highest BCUT2D eigenvalue weighted by molar-refractivity contribution is 6.90. The summed E-state index contributed by atoms with van der Waals surface area (Å²) in [7, 11) is 0.0654. The van der Waals surface area contributed by atoms with Gasteiger partial charge in [0, 0.05) is 36.5 Å². The van der Waals surface area contributed by atoms with E-state index >= 15 is 8.78 Å². The lowest BCUT2D eigenvalue weighted by Crippen LogP contribution is -2.57. The van der Waals surface area contributed by atoms with E-state index in [9.17, 15) is 22.8 Å². The van der Waals surface area contributed by atoms with Gasteiger partial charge in [-0.15, -0.1) is 5.54 Å². The Hall–Kier alpha value is -5.21. The van der Waals surface area contributed by atoms with E-state index in [1.54, 1.807) is 36.6 Å². The maximum absolute atomic E-state index is 18.0. The lowest BCUT2D eigenvalue weighted by atomic mass is 9.90. The molecule has 2 fully saturated rings. The van der Waals surface area contributed by atoms with Crippen molar-refractivity contribution in [3.8, 4) is 34.4 Å². The van der Waals surface area contributed by atoms with Crippen LogP contribution in [0.2, 0.25) is 16.6 Å². The Balaban J connectivity index is 1.66. The third-order valence-corrected chi connectivity index (χ3v) is 18.3. The Morgan fingerprint density at radius 2 is 1.54 bits per heavy atom. The summed E-state index contributed by atoms with van der Waals surface area (Å²) in [4.78, 5) is 39.2. The Kier molecular flexibility index (Phi) is 13.6. The molecule has 0 spiro atoms. The normalized spacial score (nSPS) is 16.9. The number of carbonyl (C=O) groups is 2. The first-order valence-corrected chi connectivity index (χ1v) is 23.2. The van der Waals surface area contributed by atoms with E-state index in [1.165, 1.54) is 31.4 Å². The van der Waals surface area contributed by atoms with E-state index in [1.807, 2.05) is 0 Å². The van der Waals surface area contributed by atoms with E-state index < -0.39 is 67.2 Å². The molecule has 1 amide bonds. The lowest BCUT2D eigenvalue weighted by molar-refractivity contribution is -0.154. The van der Waals surface area contributed by atoms with Gasteiger partial charge in [-0.3, -0.25) is 4.90 Å². The van der Waals surface area contributed by atoms with E-state index in [2.05, 4.69) is 63.0 Å². The Labute approximate surface area is 365 Å². The zero-order chi connectivity index (χ0) is 46.3. The van der Waals surface area contributed by atoms with Crippen molar-refractivity contribution in [2.24, 2.45) is 0 Å². The molecule has 2 saturated heterocycles. The number of methoxy groups -OCH3 is 2. The minimum atomic E-state index is -4.79. The lowest BCUT2D eigenvalue weighted by Gasteiger charge is -2.42. The second-order valence-corrected chi connectivity index (χ2v) is 23.7. The van der Waals surface area contributed by atoms with Crippen LogP contribution in [-0.2, 0) is 14.2 Å². The van der Waals surface area contributed by atoms with E-state index in [-0.39, 0.29) is 87.6 Å². The van der Waals surface area contributed by atoms with Crippen molar-refractivity contribution >= 4 is 47.6 Å². The first-order valence-electron chi connectivity index (χ1n) is 21.0. The van der Waals surface area contributed by atoms with Gasteiger partial charge in [-0.1, -0.05) is 53.5 Å². The first kappa shape index (κ1) is 47.3. The number of halogens is 5. The largest absolute Gasteiger partial charge is 0.468 e. The zero-order valence-electron chi connectivity index (χ0n) is 37.6. The van der Waals surface area contributed by atoms with Crippen molar-refractivity contribution in [1.82, 2.24) is 14.9 Å². The Morgan fingerprint density at radius 3 is 2.10 bits per heavy atom. The molecule has 17 heteroatoms. The average Bonchev–Trinajstić information content (AvgIpc) is 3.47. The molecule has 0 unspecified atom stereocenters. The van der Waals surface area contributed by atoms with Gasteiger partial charge in [0.05, 0.1) is 30.3 Å². The summed E-state index contributed by atoms with van der Waals surface area (Å²) in [5.41, 5.74) is 2.14. The smallest absolute Gasteiger partial charge is 0.422 e. The van der Waals surface area contributed by atoms with Crippen LogP contribution in [0, 0.1) is 23.1 Å². The highest BCUT2D eigenvalue weighted by Gasteiger charge is 2.46. The number of fused-ring (bicyclic) bond motifs is 4. The fourth-order valence-corrected chi connectivity index (χ4v) is 14.6. The zero-order valence-corrected chi connectivity index (χ0v) is 38.6. The van der Waals surface area contributed by atoms with Crippen LogP contribution in [0.3, 0.4) is 0 Å². The number of nitrogens with zero attached hydrogens (tertiary/aromatic N) is 4. The van der Waals surface area contributed by atoms with Crippen molar-refractivity contribution in [1.29, 1.82) is 0 Å². The summed E-state index contributed by atoms with van der Waals surface area (Å²) in [6.45, 7) is 16.3. The molecule has 1 aromatic heterocycles. The van der Waals surface area contributed by atoms with Crippen molar-refractivity contribution in [2.45, 2.75) is 116 Å². The monoisotopic (exact) mass is 898 g/mol. The van der Waals surface area contributed by atoms with Crippen molar-refractivity contribution in [3.63, 3.8) is 0 Å². The van der Waals surface area contributed by atoms with Crippen molar-refractivity contribution < 1.29 is 55.2 Å². The maximum atomic E-state index is 18.0. The quantitative estimate of drug-likeness (QED) is 0.0474. The minimum absolute atomic E-state index is 0.0185. The van der Waals surface area contributed by atoms with Crippen LogP contribution < -0.4 is 14.4 Å². The molecule has 0 N–H and O–H groups in total. The molecule has 340 valence electrons. The van der Waals surface area contributed by atoms with Gasteiger partial charge in [0.15, 0.2) is 19.2 Å². The number of alkyl halides is 3. The number of ether oxygens (including phenoxy) is 5. The maximum Gasteiger partial charge on any atom is 0.422 e. The second kappa shape index (κ2) is 18.1. The standard InChI is InChI=1S/C46H55F5N4O7Si/c1-25(2)63(26(3)4,27(5)6)17-16-32-36(47)15-12-28-18-31(61-24-58-10)19-33(37(28)32)38-34(42(56)59-11)20-35-40(39(38)48)52-43(60-23-46(49,50)51)53-41(35)54-21-29-13-14-30(22-54)55(29)44(57)62-45(7,8)9/h12,15,18-20,25-27,29-30H,13-14,21-24H2,1-11H3/t29-,30+. The number of anilines is 1. The molecule has 3 heterocycles. The van der Waals surface area contributed by atoms with Crippen LogP contribution in [0.1, 0.15) is 91.1 Å². The molecule has 2 atom stereocenters. The Morgan fingerprint density at radius 1 is 0.905 bits per heavy atom. The number of aromatic nitrogens is 2. The molecule has 11 nitrogen and oxygen atoms in total. The van der Waals surface area contributed by atoms with Crippen LogP contribution in [0.4, 0.5) is 32.6 Å². The summed E-state index contributed by atoms with van der Waals surface area (Å²) in [5.74, 6) is 0.541. The summed E-state index contributed by atoms with van der Waals surface area (Å²) in [6, 6.07) is 5.57. The number of rotatable bonds is 11. The van der Waals surface area contributed by atoms with Crippen molar-refractivity contribution in [2.75, 3.05) is 45.6 Å². The molecular weight excluding hydrogens is 844 g/mol. The predicted octanol–water partition coefficient (Wildman–Crippen LogP) is 10.6. The third-order valence-electron chi connectivity index (χ3n) is 12.0. The fourth-order valence-electron chi connectivity index (χ4n) is 9.41. The highest BCUT2D eigenvalue weighted by Crippen LogP contribution is 2.45. The molecule has 2 bridgehead atoms. The number of benzene rings is 3. The summed E-state index contributed by atoms with van der Waals surface area (Å²) >= 11 is 0. The van der Waals surface area contributed by atoms with Gasteiger partial charge in [-0.2, -0.15) is 23.1 Å². The van der Waals surface area contributed by atoms with Crippen LogP contribution in [0.15, 0.2) is 30.3 Å². The highest BCUT2D eigenvalue weighted by atomic mass is 28.3. The number of esters is 1. The third kappa shape index (κ3) is 9.52. The van der Waals surface area contributed by atoms with E-state index in [0.717, 1.165) is 7.11 Å². The van der Waals surface area contributed by atoms with Crippen LogP contribution in [0.5, 0.6) is 11.8 Å². The van der Waals surface area contributed by atoms with Crippen LogP contribution in [-0.4, -0.2) is 99.6 Å². The SMILES string of the molecule is COCOc1cc(-c2c(C(=O)OC)cc3c(N4C[C@H]5CC[C@@H](C4)N5C(=O)OC(C)(C)C)nc(OCC(F)(F)F)nc3c2F)c2c(C#C[Si](C(C)C)(C(C)C)C(C)C)c(F)ccc2c1. The van der Waals surface area contributed by atoms with Gasteiger partial charge in [-0.05, 0) is 85.5 Å². The number of amides is 1. The Bertz CT molecular complexity index is 2430. The van der Waals surface area contributed by atoms with Crippen LogP contribution >= 0.6 is 0 Å². The summed E-state index contributed by atoms with van der Waals surface area (Å²) < 4.78 is 102. The van der Waals surface area contributed by atoms with Gasteiger partial charge in [0.25, 0.3) is 0 Å². The molecule has 2 aliphatic rings. The fraction of sp³-hybridized carbons (Fsp3) is 0.522. The molecule has 6 rings (SSSR count). The predicted molar refractivity (Wildman–Crippen MR) is 233 cm³/mol.